The van der Waals surface area contributed by atoms with Crippen LogP contribution in [0.5, 0.6) is 5.75 Å². The molecular formula is C27H28N4O4. The van der Waals surface area contributed by atoms with Crippen LogP contribution in [-0.4, -0.2) is 54.0 Å². The number of benzene rings is 2. The molecule has 180 valence electrons. The lowest BCUT2D eigenvalue weighted by Gasteiger charge is -2.33. The van der Waals surface area contributed by atoms with Gasteiger partial charge in [0.05, 0.1) is 12.8 Å². The molecule has 3 aliphatic rings. The van der Waals surface area contributed by atoms with E-state index >= 15 is 0 Å². The fourth-order valence-electron chi connectivity index (χ4n) is 5.58. The van der Waals surface area contributed by atoms with Crippen LogP contribution in [0.4, 0.5) is 5.69 Å². The molecule has 1 amide bonds. The van der Waals surface area contributed by atoms with Crippen molar-refractivity contribution in [3.8, 4) is 11.4 Å². The van der Waals surface area contributed by atoms with Gasteiger partial charge in [0.25, 0.3) is 5.91 Å². The third-order valence-electron chi connectivity index (χ3n) is 7.86. The number of rotatable bonds is 7. The van der Waals surface area contributed by atoms with Gasteiger partial charge < -0.3 is 20.1 Å². The molecule has 6 rings (SSSR count). The number of methoxy groups -OCH3 is 1. The maximum Gasteiger partial charge on any atom is 0.356 e. The largest absolute Gasteiger partial charge is 0.497 e. The van der Waals surface area contributed by atoms with Gasteiger partial charge >= 0.3 is 5.97 Å². The van der Waals surface area contributed by atoms with E-state index in [1.54, 1.807) is 36.3 Å². The monoisotopic (exact) mass is 472 g/mol. The first-order valence-electron chi connectivity index (χ1n) is 12.0. The van der Waals surface area contributed by atoms with Crippen LogP contribution < -0.4 is 15.0 Å². The SMILES string of the molecule is CNCC1(c2ccc(N3CC4(CC4)c4c(C(=O)O)nn(-c5ccc(OC)cc5)c4C3=O)cc2)CC1. The summed E-state index contributed by atoms with van der Waals surface area (Å²) < 4.78 is 6.74. The number of fused-ring (bicyclic) bond motifs is 2. The van der Waals surface area contributed by atoms with E-state index in [1.807, 2.05) is 19.2 Å². The number of nitrogens with zero attached hydrogens (tertiary/aromatic N) is 3. The van der Waals surface area contributed by atoms with Crippen molar-refractivity contribution >= 4 is 17.6 Å². The Morgan fingerprint density at radius 3 is 2.26 bits per heavy atom. The molecule has 2 aromatic carbocycles. The highest BCUT2D eigenvalue weighted by atomic mass is 16.5. The Bertz CT molecular complexity index is 1320. The van der Waals surface area contributed by atoms with Gasteiger partial charge in [-0.05, 0) is 74.7 Å². The summed E-state index contributed by atoms with van der Waals surface area (Å²) >= 11 is 0. The zero-order valence-electron chi connectivity index (χ0n) is 19.9. The first-order valence-corrected chi connectivity index (χ1v) is 12.0. The summed E-state index contributed by atoms with van der Waals surface area (Å²) in [5.41, 5.74) is 3.46. The van der Waals surface area contributed by atoms with Crippen LogP contribution in [0.2, 0.25) is 0 Å². The smallest absolute Gasteiger partial charge is 0.356 e. The number of carbonyl (C=O) groups excluding carboxylic acids is 1. The van der Waals surface area contributed by atoms with E-state index in [9.17, 15) is 14.7 Å². The van der Waals surface area contributed by atoms with Crippen LogP contribution in [0.15, 0.2) is 48.5 Å². The van der Waals surface area contributed by atoms with Crippen LogP contribution in [0.25, 0.3) is 5.69 Å². The van der Waals surface area contributed by atoms with Crippen molar-refractivity contribution in [2.45, 2.75) is 36.5 Å². The van der Waals surface area contributed by atoms with Crippen LogP contribution in [0.3, 0.4) is 0 Å². The second-order valence-corrected chi connectivity index (χ2v) is 10.0. The predicted molar refractivity (Wildman–Crippen MR) is 131 cm³/mol. The van der Waals surface area contributed by atoms with Crippen molar-refractivity contribution in [1.29, 1.82) is 0 Å². The van der Waals surface area contributed by atoms with Crippen molar-refractivity contribution in [3.63, 3.8) is 0 Å². The topological polar surface area (TPSA) is 96.7 Å². The summed E-state index contributed by atoms with van der Waals surface area (Å²) in [4.78, 5) is 27.9. The Morgan fingerprint density at radius 2 is 1.71 bits per heavy atom. The average Bonchev–Trinajstić information content (AvgIpc) is 3.79. The second-order valence-electron chi connectivity index (χ2n) is 10.0. The minimum Gasteiger partial charge on any atom is -0.497 e. The lowest BCUT2D eigenvalue weighted by atomic mass is 9.88. The Balaban J connectivity index is 1.43. The van der Waals surface area contributed by atoms with Gasteiger partial charge in [-0.15, -0.1) is 0 Å². The number of hydrogen-bond acceptors (Lipinski definition) is 5. The number of likely N-dealkylation sites (N-methyl/N-ethyl adjacent to an activating group) is 1. The fourth-order valence-corrected chi connectivity index (χ4v) is 5.58. The number of carbonyl (C=O) groups is 2. The highest BCUT2D eigenvalue weighted by Gasteiger charge is 2.56. The molecule has 2 saturated carbocycles. The van der Waals surface area contributed by atoms with Crippen LogP contribution >= 0.6 is 0 Å². The number of carboxylic acids is 1. The zero-order valence-corrected chi connectivity index (χ0v) is 19.9. The van der Waals surface area contributed by atoms with E-state index in [4.69, 9.17) is 4.74 Å². The van der Waals surface area contributed by atoms with Crippen molar-refractivity contribution in [3.05, 3.63) is 71.0 Å². The molecule has 0 bridgehead atoms. The van der Waals surface area contributed by atoms with E-state index < -0.39 is 5.97 Å². The lowest BCUT2D eigenvalue weighted by Crippen LogP contribution is -2.44. The number of ether oxygens (including phenoxy) is 1. The molecule has 35 heavy (non-hydrogen) atoms. The number of carboxylic acid groups (broad SMARTS) is 1. The van der Waals surface area contributed by atoms with E-state index in [-0.39, 0.29) is 22.4 Å². The molecule has 2 fully saturated rings. The molecule has 0 atom stereocenters. The molecular weight excluding hydrogens is 444 g/mol. The minimum absolute atomic E-state index is 0.0283. The van der Waals surface area contributed by atoms with Crippen molar-refractivity contribution in [1.82, 2.24) is 15.1 Å². The number of amides is 1. The van der Waals surface area contributed by atoms with Gasteiger partial charge in [0.15, 0.2) is 5.69 Å². The molecule has 3 aromatic rings. The number of aromatic carboxylic acids is 1. The van der Waals surface area contributed by atoms with Gasteiger partial charge in [0, 0.05) is 35.2 Å². The minimum atomic E-state index is -1.11. The average molecular weight is 473 g/mol. The summed E-state index contributed by atoms with van der Waals surface area (Å²) in [5.74, 6) is -0.659. The molecule has 0 saturated heterocycles. The molecule has 0 unspecified atom stereocenters. The lowest BCUT2D eigenvalue weighted by molar-refractivity contribution is 0.0688. The van der Waals surface area contributed by atoms with E-state index in [1.165, 1.54) is 23.1 Å². The van der Waals surface area contributed by atoms with Crippen molar-refractivity contribution < 1.29 is 19.4 Å². The van der Waals surface area contributed by atoms with E-state index in [2.05, 4.69) is 22.5 Å². The molecule has 1 aliphatic heterocycles. The number of hydrogen-bond donors (Lipinski definition) is 2. The third-order valence-corrected chi connectivity index (χ3v) is 7.86. The third kappa shape index (κ3) is 3.35. The van der Waals surface area contributed by atoms with Gasteiger partial charge in [-0.1, -0.05) is 12.1 Å². The molecule has 2 N–H and O–H groups in total. The van der Waals surface area contributed by atoms with Crippen LogP contribution in [-0.2, 0) is 10.8 Å². The molecule has 2 aliphatic carbocycles. The van der Waals surface area contributed by atoms with Crippen molar-refractivity contribution in [2.75, 3.05) is 32.1 Å². The number of aromatic nitrogens is 2. The zero-order chi connectivity index (χ0) is 24.4. The van der Waals surface area contributed by atoms with Gasteiger partial charge in [0.2, 0.25) is 0 Å². The quantitative estimate of drug-likeness (QED) is 0.546. The molecule has 1 spiro atoms. The normalized spacial score (nSPS) is 18.9. The summed E-state index contributed by atoms with van der Waals surface area (Å²) in [6, 6.07) is 15.4. The molecule has 8 heteroatoms. The van der Waals surface area contributed by atoms with E-state index in [0.717, 1.165) is 25.1 Å². The summed E-state index contributed by atoms with van der Waals surface area (Å²) in [7, 11) is 3.56. The van der Waals surface area contributed by atoms with Crippen molar-refractivity contribution in [2.24, 2.45) is 0 Å². The second kappa shape index (κ2) is 7.68. The van der Waals surface area contributed by atoms with Gasteiger partial charge in [-0.3, -0.25) is 4.79 Å². The fraction of sp³-hybridized carbons (Fsp3) is 0.370. The Morgan fingerprint density at radius 1 is 1.06 bits per heavy atom. The standard InChI is InChI=1S/C27H28N4O4/c1-28-15-26(11-12-26)17-3-5-18(6-4-17)30-16-27(13-14-27)21-22(25(33)34)29-31(23(21)24(30)32)19-7-9-20(35-2)10-8-19/h3-10,28H,11-16H2,1-2H3,(H,33,34). The molecule has 2 heterocycles. The maximum absolute atomic E-state index is 13.9. The summed E-state index contributed by atoms with van der Waals surface area (Å²) in [6.45, 7) is 1.41. The Hall–Kier alpha value is -3.65. The summed E-state index contributed by atoms with van der Waals surface area (Å²) in [5, 5.41) is 17.7. The van der Waals surface area contributed by atoms with Gasteiger partial charge in [-0.2, -0.15) is 5.10 Å². The highest BCUT2D eigenvalue weighted by molar-refractivity contribution is 6.10. The Labute approximate surface area is 203 Å². The molecule has 1 aromatic heterocycles. The predicted octanol–water partition coefficient (Wildman–Crippen LogP) is 3.52. The van der Waals surface area contributed by atoms with Gasteiger partial charge in [-0.25, -0.2) is 9.48 Å². The highest BCUT2D eigenvalue weighted by Crippen LogP contribution is 2.55. The van der Waals surface area contributed by atoms with Crippen LogP contribution in [0.1, 0.15) is 57.8 Å². The van der Waals surface area contributed by atoms with Gasteiger partial charge in [0.1, 0.15) is 11.4 Å². The molecule has 8 nitrogen and oxygen atoms in total. The number of anilines is 1. The first-order chi connectivity index (χ1) is 16.9. The number of nitrogens with one attached hydrogen (secondary N) is 1. The molecule has 0 radical (unpaired) electrons. The van der Waals surface area contributed by atoms with E-state index in [0.29, 0.717) is 29.2 Å². The maximum atomic E-state index is 13.9. The summed E-state index contributed by atoms with van der Waals surface area (Å²) in [6.07, 6.45) is 4.01. The Kier molecular flexibility index (Phi) is 4.79. The van der Waals surface area contributed by atoms with Crippen LogP contribution in [0, 0.1) is 0 Å². The first kappa shape index (κ1) is 21.9.